The van der Waals surface area contributed by atoms with E-state index in [9.17, 15) is 0 Å². The summed E-state index contributed by atoms with van der Waals surface area (Å²) in [7, 11) is 0. The van der Waals surface area contributed by atoms with Gasteiger partial charge in [0.15, 0.2) is 0 Å². The molecule has 0 spiro atoms. The van der Waals surface area contributed by atoms with Gasteiger partial charge in [-0.05, 0) is 41.1 Å². The lowest BCUT2D eigenvalue weighted by Gasteiger charge is -1.93. The van der Waals surface area contributed by atoms with E-state index in [1.54, 1.807) is 6.20 Å². The highest BCUT2D eigenvalue weighted by Gasteiger charge is 1.94. The Kier molecular flexibility index (Phi) is 2.29. The van der Waals surface area contributed by atoms with E-state index >= 15 is 0 Å². The van der Waals surface area contributed by atoms with Gasteiger partial charge in [0, 0.05) is 6.20 Å². The van der Waals surface area contributed by atoms with Crippen LogP contribution < -0.4 is 0 Å². The molecule has 0 bridgehead atoms. The first kappa shape index (κ1) is 7.28. The second-order valence-electron chi connectivity index (χ2n) is 1.79. The van der Waals surface area contributed by atoms with Gasteiger partial charge in [-0.3, -0.25) is 0 Å². The van der Waals surface area contributed by atoms with Gasteiger partial charge in [0.25, 0.3) is 0 Å². The fraction of sp³-hybridized carbons (Fsp3) is 0.167. The zero-order valence-corrected chi connectivity index (χ0v) is 7.77. The number of pyridine rings is 1. The van der Waals surface area contributed by atoms with Crippen LogP contribution in [0.15, 0.2) is 12.3 Å². The van der Waals surface area contributed by atoms with Gasteiger partial charge in [0.05, 0.1) is 5.02 Å². The van der Waals surface area contributed by atoms with Gasteiger partial charge >= 0.3 is 0 Å². The molecular weight excluding hydrogens is 248 g/mol. The predicted molar refractivity (Wildman–Crippen MR) is 46.7 cm³/mol. The van der Waals surface area contributed by atoms with Crippen LogP contribution in [0.1, 0.15) is 5.56 Å². The average Bonchev–Trinajstić information content (AvgIpc) is 1.80. The van der Waals surface area contributed by atoms with Crippen molar-refractivity contribution in [2.75, 3.05) is 0 Å². The lowest BCUT2D eigenvalue weighted by Crippen LogP contribution is -1.81. The fourth-order valence-corrected chi connectivity index (χ4v) is 1.03. The van der Waals surface area contributed by atoms with Crippen molar-refractivity contribution in [2.24, 2.45) is 0 Å². The minimum Gasteiger partial charge on any atom is -0.248 e. The Morgan fingerprint density at radius 3 is 2.78 bits per heavy atom. The highest BCUT2D eigenvalue weighted by Crippen LogP contribution is 2.15. The highest BCUT2D eigenvalue weighted by molar-refractivity contribution is 14.1. The summed E-state index contributed by atoms with van der Waals surface area (Å²) in [5.41, 5.74) is 1.10. The topological polar surface area (TPSA) is 12.9 Å². The minimum absolute atomic E-state index is 0.732. The zero-order chi connectivity index (χ0) is 6.85. The number of hydrogen-bond acceptors (Lipinski definition) is 1. The SMILES string of the molecule is Cc1cnc(I)c(Cl)c1. The molecule has 0 aliphatic carbocycles. The first-order valence-corrected chi connectivity index (χ1v) is 3.93. The second kappa shape index (κ2) is 2.84. The van der Waals surface area contributed by atoms with E-state index in [1.807, 2.05) is 13.0 Å². The largest absolute Gasteiger partial charge is 0.248 e. The molecule has 1 heterocycles. The number of hydrogen-bond donors (Lipinski definition) is 0. The number of aromatic nitrogens is 1. The quantitative estimate of drug-likeness (QED) is 0.512. The number of nitrogens with zero attached hydrogens (tertiary/aromatic N) is 1. The molecule has 3 heteroatoms. The standard InChI is InChI=1S/C6H5ClIN/c1-4-2-5(7)6(8)9-3-4/h2-3H,1H3. The van der Waals surface area contributed by atoms with Crippen LogP contribution in [0.4, 0.5) is 0 Å². The summed E-state index contributed by atoms with van der Waals surface area (Å²) in [5, 5.41) is 0.732. The smallest absolute Gasteiger partial charge is 0.119 e. The Hall–Kier alpha value is 0.170. The maximum Gasteiger partial charge on any atom is 0.119 e. The summed E-state index contributed by atoms with van der Waals surface area (Å²) < 4.78 is 0.861. The monoisotopic (exact) mass is 253 g/mol. The molecule has 0 N–H and O–H groups in total. The summed E-state index contributed by atoms with van der Waals surface area (Å²) in [4.78, 5) is 4.03. The maximum atomic E-state index is 5.74. The predicted octanol–water partition coefficient (Wildman–Crippen LogP) is 2.65. The third-order valence-corrected chi connectivity index (χ3v) is 2.40. The lowest BCUT2D eigenvalue weighted by molar-refractivity contribution is 1.23. The molecule has 0 saturated heterocycles. The molecule has 1 nitrogen and oxygen atoms in total. The van der Waals surface area contributed by atoms with E-state index in [0.717, 1.165) is 14.3 Å². The number of aryl methyl sites for hydroxylation is 1. The summed E-state index contributed by atoms with van der Waals surface area (Å²) in [6.45, 7) is 1.97. The Morgan fingerprint density at radius 2 is 2.33 bits per heavy atom. The van der Waals surface area contributed by atoms with Crippen LogP contribution in [0.25, 0.3) is 0 Å². The maximum absolute atomic E-state index is 5.74. The molecule has 0 aliphatic rings. The van der Waals surface area contributed by atoms with Crippen LogP contribution in [0, 0.1) is 10.6 Å². The van der Waals surface area contributed by atoms with Crippen molar-refractivity contribution in [3.63, 3.8) is 0 Å². The first-order chi connectivity index (χ1) is 4.20. The molecule has 0 aliphatic heterocycles. The van der Waals surface area contributed by atoms with Crippen molar-refractivity contribution < 1.29 is 0 Å². The molecule has 0 saturated carbocycles. The van der Waals surface area contributed by atoms with Crippen molar-refractivity contribution in [3.8, 4) is 0 Å². The molecule has 0 aromatic carbocycles. The van der Waals surface area contributed by atoms with Gasteiger partial charge in [-0.15, -0.1) is 0 Å². The van der Waals surface area contributed by atoms with E-state index in [4.69, 9.17) is 11.6 Å². The summed E-state index contributed by atoms with van der Waals surface area (Å²) >= 11 is 7.84. The van der Waals surface area contributed by atoms with Gasteiger partial charge in [-0.1, -0.05) is 11.6 Å². The number of rotatable bonds is 0. The van der Waals surface area contributed by atoms with Crippen LogP contribution in [0.3, 0.4) is 0 Å². The molecular formula is C6H5ClIN. The molecule has 9 heavy (non-hydrogen) atoms. The van der Waals surface area contributed by atoms with Crippen LogP contribution in [-0.2, 0) is 0 Å². The van der Waals surface area contributed by atoms with E-state index in [1.165, 1.54) is 0 Å². The second-order valence-corrected chi connectivity index (χ2v) is 3.21. The first-order valence-electron chi connectivity index (χ1n) is 2.48. The van der Waals surface area contributed by atoms with Crippen LogP contribution in [0.2, 0.25) is 5.02 Å². The molecule has 0 amide bonds. The van der Waals surface area contributed by atoms with Crippen molar-refractivity contribution in [2.45, 2.75) is 6.92 Å². The minimum atomic E-state index is 0.732. The van der Waals surface area contributed by atoms with Gasteiger partial charge in [-0.2, -0.15) is 0 Å². The van der Waals surface area contributed by atoms with Crippen molar-refractivity contribution in [1.29, 1.82) is 0 Å². The number of halogens is 2. The van der Waals surface area contributed by atoms with Crippen LogP contribution in [0.5, 0.6) is 0 Å². The van der Waals surface area contributed by atoms with Crippen LogP contribution >= 0.6 is 34.2 Å². The van der Waals surface area contributed by atoms with Crippen LogP contribution in [-0.4, -0.2) is 4.98 Å². The normalized spacial score (nSPS) is 9.67. The van der Waals surface area contributed by atoms with Gasteiger partial charge in [-0.25, -0.2) is 4.98 Å². The molecule has 0 atom stereocenters. The third kappa shape index (κ3) is 1.79. The lowest BCUT2D eigenvalue weighted by atomic mass is 10.3. The van der Waals surface area contributed by atoms with Crippen molar-refractivity contribution >= 4 is 34.2 Å². The Morgan fingerprint density at radius 1 is 1.67 bits per heavy atom. The fourth-order valence-electron chi connectivity index (χ4n) is 0.517. The van der Waals surface area contributed by atoms with Crippen molar-refractivity contribution in [3.05, 3.63) is 26.5 Å². The van der Waals surface area contributed by atoms with E-state index in [0.29, 0.717) is 0 Å². The molecule has 1 aromatic rings. The molecule has 0 fully saturated rings. The summed E-state index contributed by atoms with van der Waals surface area (Å²) in [5.74, 6) is 0. The van der Waals surface area contributed by atoms with E-state index in [-0.39, 0.29) is 0 Å². The van der Waals surface area contributed by atoms with Gasteiger partial charge in [0.2, 0.25) is 0 Å². The summed E-state index contributed by atoms with van der Waals surface area (Å²) in [6, 6.07) is 1.90. The van der Waals surface area contributed by atoms with Gasteiger partial charge in [0.1, 0.15) is 3.70 Å². The molecule has 1 aromatic heterocycles. The van der Waals surface area contributed by atoms with E-state index in [2.05, 4.69) is 27.6 Å². The zero-order valence-electron chi connectivity index (χ0n) is 4.86. The summed E-state index contributed by atoms with van der Waals surface area (Å²) in [6.07, 6.45) is 1.80. The molecule has 0 radical (unpaired) electrons. The Bertz CT molecular complexity index is 224. The van der Waals surface area contributed by atoms with Gasteiger partial charge < -0.3 is 0 Å². The average molecular weight is 253 g/mol. The Labute approximate surface area is 72.6 Å². The third-order valence-electron chi connectivity index (χ3n) is 0.933. The Balaban J connectivity index is 3.17. The highest BCUT2D eigenvalue weighted by atomic mass is 127. The molecule has 48 valence electrons. The van der Waals surface area contributed by atoms with Crippen molar-refractivity contribution in [1.82, 2.24) is 4.98 Å². The van der Waals surface area contributed by atoms with E-state index < -0.39 is 0 Å². The molecule has 0 unspecified atom stereocenters. The molecule has 1 rings (SSSR count).